The van der Waals surface area contributed by atoms with Gasteiger partial charge < -0.3 is 5.11 Å². The second kappa shape index (κ2) is 6.36. The summed E-state index contributed by atoms with van der Waals surface area (Å²) >= 11 is 8.61. The van der Waals surface area contributed by atoms with Gasteiger partial charge in [-0.1, -0.05) is 29.4 Å². The smallest absolute Gasteiger partial charge is 0.309 e. The Morgan fingerprint density at radius 1 is 1.53 bits per heavy atom. The first kappa shape index (κ1) is 14.3. The fourth-order valence-electron chi connectivity index (χ4n) is 1.39. The van der Waals surface area contributed by atoms with Crippen LogP contribution in [0.15, 0.2) is 27.9 Å². The van der Waals surface area contributed by atoms with Crippen LogP contribution in [-0.4, -0.2) is 16.1 Å². The molecule has 1 aromatic heterocycles. The zero-order valence-electron chi connectivity index (χ0n) is 9.60. The number of halogens is 2. The van der Waals surface area contributed by atoms with Crippen LogP contribution < -0.4 is 0 Å². The summed E-state index contributed by atoms with van der Waals surface area (Å²) in [5, 5.41) is 10.7. The highest BCUT2D eigenvalue weighted by Crippen LogP contribution is 2.30. The molecule has 3 nitrogen and oxygen atoms in total. The number of aliphatic carboxylic acids is 1. The molecule has 1 N–H and O–H groups in total. The molecule has 0 radical (unpaired) electrons. The van der Waals surface area contributed by atoms with Gasteiger partial charge in [-0.2, -0.15) is 0 Å². The molecule has 0 bridgehead atoms. The minimum atomic E-state index is -0.918. The van der Waals surface area contributed by atoms with Crippen molar-refractivity contribution < 1.29 is 14.3 Å². The average Bonchev–Trinajstić information content (AvgIpc) is 2.75. The fraction of sp³-hybridized carbons (Fsp3) is 0.167. The van der Waals surface area contributed by atoms with Crippen molar-refractivity contribution in [2.45, 2.75) is 16.5 Å². The molecule has 0 saturated heterocycles. The van der Waals surface area contributed by atoms with Crippen molar-refractivity contribution in [3.63, 3.8) is 0 Å². The second-order valence-corrected chi connectivity index (χ2v) is 6.15. The molecule has 7 heteroatoms. The summed E-state index contributed by atoms with van der Waals surface area (Å²) in [6.45, 7) is 0. The Hall–Kier alpha value is -1.11. The molecule has 0 unspecified atom stereocenters. The van der Waals surface area contributed by atoms with Crippen LogP contribution in [0.25, 0.3) is 0 Å². The van der Waals surface area contributed by atoms with Crippen LogP contribution in [0.3, 0.4) is 0 Å². The molecule has 0 aliphatic carbocycles. The van der Waals surface area contributed by atoms with Crippen LogP contribution in [0.5, 0.6) is 0 Å². The van der Waals surface area contributed by atoms with Gasteiger partial charge in [0.2, 0.25) is 0 Å². The number of hydrogen-bond acceptors (Lipinski definition) is 4. The quantitative estimate of drug-likeness (QED) is 0.851. The second-order valence-electron chi connectivity index (χ2n) is 3.66. The third-order valence-electron chi connectivity index (χ3n) is 2.26. The first-order valence-electron chi connectivity index (χ1n) is 5.28. The standard InChI is InChI=1S/C12H9ClFNO2S2/c13-9-2-1-3-10(14)8(9)6-19-12-15-7(5-18-12)4-11(16)17/h1-3,5H,4,6H2,(H,16,17). The number of carboxylic acid groups (broad SMARTS) is 1. The topological polar surface area (TPSA) is 50.2 Å². The number of benzene rings is 1. The molecule has 1 heterocycles. The summed E-state index contributed by atoms with van der Waals surface area (Å²) in [6, 6.07) is 4.55. The van der Waals surface area contributed by atoms with Crippen LogP contribution in [-0.2, 0) is 17.0 Å². The third-order valence-corrected chi connectivity index (χ3v) is 4.72. The van der Waals surface area contributed by atoms with Gasteiger partial charge in [-0.3, -0.25) is 4.79 Å². The van der Waals surface area contributed by atoms with E-state index in [2.05, 4.69) is 4.98 Å². The Balaban J connectivity index is 2.02. The molecule has 0 amide bonds. The van der Waals surface area contributed by atoms with Gasteiger partial charge in [0, 0.05) is 21.7 Å². The number of thiazole rings is 1. The van der Waals surface area contributed by atoms with E-state index < -0.39 is 5.97 Å². The van der Waals surface area contributed by atoms with E-state index in [1.165, 1.54) is 29.2 Å². The zero-order chi connectivity index (χ0) is 13.8. The van der Waals surface area contributed by atoms with Crippen molar-refractivity contribution in [1.29, 1.82) is 0 Å². The van der Waals surface area contributed by atoms with Gasteiger partial charge in [0.25, 0.3) is 0 Å². The highest BCUT2D eigenvalue weighted by molar-refractivity contribution is 8.00. The Kier molecular flexibility index (Phi) is 4.79. The lowest BCUT2D eigenvalue weighted by Gasteiger charge is -2.03. The summed E-state index contributed by atoms with van der Waals surface area (Å²) < 4.78 is 14.2. The molecular weight excluding hydrogens is 309 g/mol. The van der Waals surface area contributed by atoms with E-state index in [0.29, 0.717) is 26.4 Å². The van der Waals surface area contributed by atoms with Crippen LogP contribution in [0.4, 0.5) is 4.39 Å². The lowest BCUT2D eigenvalue weighted by Crippen LogP contribution is -1.99. The van der Waals surface area contributed by atoms with Crippen molar-refractivity contribution in [2.75, 3.05) is 0 Å². The average molecular weight is 318 g/mol. The van der Waals surface area contributed by atoms with E-state index in [0.717, 1.165) is 0 Å². The lowest BCUT2D eigenvalue weighted by atomic mass is 10.2. The summed E-state index contributed by atoms with van der Waals surface area (Å²) in [5.41, 5.74) is 0.948. The van der Waals surface area contributed by atoms with Gasteiger partial charge in [0.05, 0.1) is 12.1 Å². The fourth-order valence-corrected chi connectivity index (χ4v) is 3.58. The highest BCUT2D eigenvalue weighted by atomic mass is 35.5. The van der Waals surface area contributed by atoms with Crippen LogP contribution >= 0.6 is 34.7 Å². The van der Waals surface area contributed by atoms with Crippen molar-refractivity contribution >= 4 is 40.7 Å². The maximum absolute atomic E-state index is 13.5. The summed E-state index contributed by atoms with van der Waals surface area (Å²) in [7, 11) is 0. The van der Waals surface area contributed by atoms with E-state index in [4.69, 9.17) is 16.7 Å². The Bertz CT molecular complexity index is 583. The number of nitrogens with zero attached hydrogens (tertiary/aromatic N) is 1. The van der Waals surface area contributed by atoms with Crippen molar-refractivity contribution in [3.05, 3.63) is 45.7 Å². The van der Waals surface area contributed by atoms with Gasteiger partial charge in [-0.15, -0.1) is 11.3 Å². The molecule has 0 aliphatic heterocycles. The van der Waals surface area contributed by atoms with Gasteiger partial charge in [0.15, 0.2) is 0 Å². The maximum atomic E-state index is 13.5. The van der Waals surface area contributed by atoms with E-state index >= 15 is 0 Å². The molecule has 0 aliphatic rings. The summed E-state index contributed by atoms with van der Waals surface area (Å²) in [4.78, 5) is 14.7. The van der Waals surface area contributed by atoms with Gasteiger partial charge in [-0.25, -0.2) is 9.37 Å². The monoisotopic (exact) mass is 317 g/mol. The van der Waals surface area contributed by atoms with Crippen molar-refractivity contribution in [2.24, 2.45) is 0 Å². The maximum Gasteiger partial charge on any atom is 0.309 e. The van der Waals surface area contributed by atoms with Gasteiger partial charge in [-0.05, 0) is 12.1 Å². The van der Waals surface area contributed by atoms with Crippen molar-refractivity contribution in [3.8, 4) is 0 Å². The van der Waals surface area contributed by atoms with E-state index in [1.807, 2.05) is 0 Å². The SMILES string of the molecule is O=C(O)Cc1csc(SCc2c(F)cccc2Cl)n1. The first-order chi connectivity index (χ1) is 9.06. The normalized spacial score (nSPS) is 10.6. The number of thioether (sulfide) groups is 1. The minimum absolute atomic E-state index is 0.0997. The predicted molar refractivity (Wildman–Crippen MR) is 74.4 cm³/mol. The molecule has 1 aromatic carbocycles. The lowest BCUT2D eigenvalue weighted by molar-refractivity contribution is -0.136. The van der Waals surface area contributed by atoms with E-state index in [-0.39, 0.29) is 12.2 Å². The molecule has 0 spiro atoms. The predicted octanol–water partition coefficient (Wildman–Crippen LogP) is 3.86. The minimum Gasteiger partial charge on any atom is -0.481 e. The number of carbonyl (C=O) groups is 1. The highest BCUT2D eigenvalue weighted by Gasteiger charge is 2.10. The molecule has 2 rings (SSSR count). The Morgan fingerprint density at radius 2 is 2.32 bits per heavy atom. The first-order valence-corrected chi connectivity index (χ1v) is 7.52. The molecule has 19 heavy (non-hydrogen) atoms. The number of hydrogen-bond donors (Lipinski definition) is 1. The van der Waals surface area contributed by atoms with E-state index in [9.17, 15) is 9.18 Å². The largest absolute Gasteiger partial charge is 0.481 e. The number of carboxylic acids is 1. The van der Waals surface area contributed by atoms with Crippen LogP contribution in [0.2, 0.25) is 5.02 Å². The zero-order valence-corrected chi connectivity index (χ0v) is 12.0. The van der Waals surface area contributed by atoms with Crippen LogP contribution in [0, 0.1) is 5.82 Å². The molecule has 0 saturated carbocycles. The molecule has 100 valence electrons. The number of rotatable bonds is 5. The molecular formula is C12H9ClFNO2S2. The number of aromatic nitrogens is 1. The third kappa shape index (κ3) is 3.92. The summed E-state index contributed by atoms with van der Waals surface area (Å²) in [6.07, 6.45) is -0.0997. The van der Waals surface area contributed by atoms with Gasteiger partial charge in [0.1, 0.15) is 10.2 Å². The summed E-state index contributed by atoms with van der Waals surface area (Å²) in [5.74, 6) is -0.896. The molecule has 2 aromatic rings. The molecule has 0 fully saturated rings. The van der Waals surface area contributed by atoms with E-state index in [1.54, 1.807) is 17.5 Å². The Morgan fingerprint density at radius 3 is 3.00 bits per heavy atom. The molecule has 0 atom stereocenters. The Labute approximate surface area is 122 Å². The van der Waals surface area contributed by atoms with Gasteiger partial charge >= 0.3 is 5.97 Å². The van der Waals surface area contributed by atoms with Crippen molar-refractivity contribution in [1.82, 2.24) is 4.98 Å². The van der Waals surface area contributed by atoms with Crippen LogP contribution in [0.1, 0.15) is 11.3 Å².